The molecule has 0 aliphatic rings. The van der Waals surface area contributed by atoms with Gasteiger partial charge in [0.05, 0.1) is 11.4 Å². The van der Waals surface area contributed by atoms with Crippen LogP contribution in [0.3, 0.4) is 0 Å². The average molecular weight is 258 g/mol. The maximum absolute atomic E-state index is 8.45. The van der Waals surface area contributed by atoms with Gasteiger partial charge in [0.1, 0.15) is 0 Å². The summed E-state index contributed by atoms with van der Waals surface area (Å²) in [6.45, 7) is 16.2. The highest BCUT2D eigenvalue weighted by Gasteiger charge is 2.09. The van der Waals surface area contributed by atoms with Gasteiger partial charge < -0.3 is 10.4 Å². The average Bonchev–Trinajstić information content (AvgIpc) is 2.17. The summed E-state index contributed by atoms with van der Waals surface area (Å²) in [5.74, 6) is 1.43. The summed E-state index contributed by atoms with van der Waals surface area (Å²) in [5.41, 5.74) is 1.74. The van der Waals surface area contributed by atoms with E-state index in [1.807, 2.05) is 55.4 Å². The molecule has 0 saturated carbocycles. The van der Waals surface area contributed by atoms with Gasteiger partial charge in [0.15, 0.2) is 0 Å². The van der Waals surface area contributed by atoms with E-state index in [2.05, 4.69) is 10.3 Å². The van der Waals surface area contributed by atoms with Crippen LogP contribution < -0.4 is 0 Å². The Morgan fingerprint density at radius 1 is 0.556 bits per heavy atom. The zero-order valence-corrected chi connectivity index (χ0v) is 13.1. The Morgan fingerprint density at radius 2 is 0.722 bits per heavy atom. The lowest BCUT2D eigenvalue weighted by molar-refractivity contribution is 0.311. The van der Waals surface area contributed by atoms with Crippen molar-refractivity contribution in [2.45, 2.75) is 55.4 Å². The second-order valence-electron chi connectivity index (χ2n) is 5.67. The van der Waals surface area contributed by atoms with Crippen LogP contribution in [0.25, 0.3) is 0 Å². The van der Waals surface area contributed by atoms with Gasteiger partial charge in [0.25, 0.3) is 0 Å². The lowest BCUT2D eigenvalue weighted by atomic mass is 9.98. The monoisotopic (exact) mass is 258 g/mol. The molecular formula is C14H30N2O2. The standard InChI is InChI=1S/2C7H15NO/c2*1-5(2)7(8-9)6(3)4/h2*5-6,9H,1-4H3. The van der Waals surface area contributed by atoms with Crippen molar-refractivity contribution in [1.29, 1.82) is 0 Å². The first-order chi connectivity index (χ1) is 8.18. The molecule has 0 spiro atoms. The minimum atomic E-state index is 0.356. The van der Waals surface area contributed by atoms with Crippen molar-refractivity contribution in [3.63, 3.8) is 0 Å². The first-order valence-electron chi connectivity index (χ1n) is 6.62. The smallest absolute Gasteiger partial charge is 0.0621 e. The zero-order chi connectivity index (χ0) is 14.9. The molecule has 0 aliphatic heterocycles. The molecule has 0 aromatic carbocycles. The van der Waals surface area contributed by atoms with Crippen molar-refractivity contribution >= 4 is 11.4 Å². The fourth-order valence-electron chi connectivity index (χ4n) is 1.80. The van der Waals surface area contributed by atoms with Gasteiger partial charge in [-0.3, -0.25) is 0 Å². The predicted molar refractivity (Wildman–Crippen MR) is 77.8 cm³/mol. The summed E-state index contributed by atoms with van der Waals surface area (Å²) in [6, 6.07) is 0. The largest absolute Gasteiger partial charge is 0.411 e. The van der Waals surface area contributed by atoms with Gasteiger partial charge in [-0.15, -0.1) is 0 Å². The second-order valence-corrected chi connectivity index (χ2v) is 5.67. The lowest BCUT2D eigenvalue weighted by Crippen LogP contribution is -2.14. The van der Waals surface area contributed by atoms with Crippen molar-refractivity contribution in [2.75, 3.05) is 0 Å². The van der Waals surface area contributed by atoms with E-state index in [-0.39, 0.29) is 0 Å². The third-order valence-corrected chi connectivity index (χ3v) is 2.60. The molecule has 0 heterocycles. The molecule has 0 amide bonds. The molecule has 4 heteroatoms. The number of rotatable bonds is 4. The lowest BCUT2D eigenvalue weighted by Gasteiger charge is -2.09. The van der Waals surface area contributed by atoms with Gasteiger partial charge in [0.2, 0.25) is 0 Å². The van der Waals surface area contributed by atoms with Gasteiger partial charge in [-0.25, -0.2) is 0 Å². The molecule has 2 N–H and O–H groups in total. The fourth-order valence-corrected chi connectivity index (χ4v) is 1.80. The van der Waals surface area contributed by atoms with Crippen molar-refractivity contribution in [3.8, 4) is 0 Å². The van der Waals surface area contributed by atoms with Crippen LogP contribution in [0.2, 0.25) is 0 Å². The molecule has 0 atom stereocenters. The van der Waals surface area contributed by atoms with Crippen LogP contribution in [0.1, 0.15) is 55.4 Å². The van der Waals surface area contributed by atoms with E-state index in [4.69, 9.17) is 10.4 Å². The summed E-state index contributed by atoms with van der Waals surface area (Å²) in [7, 11) is 0. The van der Waals surface area contributed by atoms with E-state index in [0.717, 1.165) is 11.4 Å². The molecule has 0 bridgehead atoms. The van der Waals surface area contributed by atoms with Crippen LogP contribution in [-0.4, -0.2) is 21.8 Å². The maximum Gasteiger partial charge on any atom is 0.0621 e. The number of nitrogens with zero attached hydrogens (tertiary/aromatic N) is 2. The van der Waals surface area contributed by atoms with Gasteiger partial charge in [0, 0.05) is 0 Å². The van der Waals surface area contributed by atoms with Gasteiger partial charge >= 0.3 is 0 Å². The van der Waals surface area contributed by atoms with Gasteiger partial charge in [-0.1, -0.05) is 65.7 Å². The molecular weight excluding hydrogens is 228 g/mol. The summed E-state index contributed by atoms with van der Waals surface area (Å²) < 4.78 is 0. The van der Waals surface area contributed by atoms with E-state index in [1.54, 1.807) is 0 Å². The summed E-state index contributed by atoms with van der Waals surface area (Å²) in [4.78, 5) is 0. The SMILES string of the molecule is CC(C)C(=NO)C(C)C.CC(C)C(=NO)C(C)C. The topological polar surface area (TPSA) is 65.2 Å². The Kier molecular flexibility index (Phi) is 10.6. The first kappa shape index (κ1) is 19.3. The van der Waals surface area contributed by atoms with Crippen LogP contribution in [0.15, 0.2) is 10.3 Å². The Bertz CT molecular complexity index is 219. The molecule has 0 fully saturated rings. The van der Waals surface area contributed by atoms with Crippen molar-refractivity contribution < 1.29 is 10.4 Å². The fraction of sp³-hybridized carbons (Fsp3) is 0.857. The summed E-state index contributed by atoms with van der Waals surface area (Å²) in [6.07, 6.45) is 0. The van der Waals surface area contributed by atoms with E-state index in [9.17, 15) is 0 Å². The predicted octanol–water partition coefficient (Wildman–Crippen LogP) is 4.26. The highest BCUT2D eigenvalue weighted by atomic mass is 16.4. The van der Waals surface area contributed by atoms with E-state index < -0.39 is 0 Å². The number of hydrogen-bond donors (Lipinski definition) is 2. The molecule has 0 unspecified atom stereocenters. The molecule has 0 aliphatic carbocycles. The third kappa shape index (κ3) is 8.09. The molecule has 108 valence electrons. The van der Waals surface area contributed by atoms with Crippen LogP contribution >= 0.6 is 0 Å². The maximum atomic E-state index is 8.45. The van der Waals surface area contributed by atoms with Crippen LogP contribution in [0.5, 0.6) is 0 Å². The third-order valence-electron chi connectivity index (χ3n) is 2.60. The Hall–Kier alpha value is -1.06. The molecule has 0 radical (unpaired) electrons. The van der Waals surface area contributed by atoms with E-state index in [0.29, 0.717) is 23.7 Å². The Balaban J connectivity index is 0. The minimum Gasteiger partial charge on any atom is -0.411 e. The molecule has 0 saturated heterocycles. The number of oxime groups is 2. The Labute approximate surface area is 112 Å². The molecule has 0 aromatic heterocycles. The highest BCUT2D eigenvalue weighted by Crippen LogP contribution is 2.07. The zero-order valence-electron chi connectivity index (χ0n) is 13.1. The number of hydrogen-bond acceptors (Lipinski definition) is 4. The van der Waals surface area contributed by atoms with Crippen LogP contribution in [0.4, 0.5) is 0 Å². The highest BCUT2D eigenvalue weighted by molar-refractivity contribution is 5.87. The molecule has 0 aromatic rings. The quantitative estimate of drug-likeness (QED) is 0.449. The van der Waals surface area contributed by atoms with Gasteiger partial charge in [-0.05, 0) is 23.7 Å². The summed E-state index contributed by atoms with van der Waals surface area (Å²) in [5, 5.41) is 23.3. The van der Waals surface area contributed by atoms with Crippen molar-refractivity contribution in [1.82, 2.24) is 0 Å². The normalized spacial score (nSPS) is 10.4. The van der Waals surface area contributed by atoms with E-state index >= 15 is 0 Å². The molecule has 4 nitrogen and oxygen atoms in total. The van der Waals surface area contributed by atoms with Crippen LogP contribution in [-0.2, 0) is 0 Å². The molecule has 18 heavy (non-hydrogen) atoms. The van der Waals surface area contributed by atoms with Crippen molar-refractivity contribution in [2.24, 2.45) is 34.0 Å². The minimum absolute atomic E-state index is 0.356. The second kappa shape index (κ2) is 9.92. The van der Waals surface area contributed by atoms with E-state index in [1.165, 1.54) is 0 Å². The first-order valence-corrected chi connectivity index (χ1v) is 6.62. The summed E-state index contributed by atoms with van der Waals surface area (Å²) >= 11 is 0. The Morgan fingerprint density at radius 3 is 0.722 bits per heavy atom. The van der Waals surface area contributed by atoms with Crippen LogP contribution in [0, 0.1) is 23.7 Å². The molecule has 0 rings (SSSR count). The van der Waals surface area contributed by atoms with Crippen molar-refractivity contribution in [3.05, 3.63) is 0 Å². The van der Waals surface area contributed by atoms with Gasteiger partial charge in [-0.2, -0.15) is 0 Å².